The lowest BCUT2D eigenvalue weighted by molar-refractivity contribution is 0.0920. The molecule has 0 spiro atoms. The Balaban J connectivity index is 1.46. The van der Waals surface area contributed by atoms with Gasteiger partial charge in [-0.05, 0) is 34.5 Å². The highest BCUT2D eigenvalue weighted by Crippen LogP contribution is 2.37. The fraction of sp³-hybridized carbons (Fsp3) is 0.0769. The summed E-state index contributed by atoms with van der Waals surface area (Å²) < 4.78 is 1.76. The fourth-order valence-electron chi connectivity index (χ4n) is 4.14. The molecule has 0 radical (unpaired) electrons. The fourth-order valence-corrected chi connectivity index (χ4v) is 5.71. The second kappa shape index (κ2) is 9.03. The number of benzene rings is 2. The van der Waals surface area contributed by atoms with E-state index < -0.39 is 0 Å². The lowest BCUT2D eigenvalue weighted by Crippen LogP contribution is -2.11. The first-order chi connectivity index (χ1) is 16.6. The van der Waals surface area contributed by atoms with Gasteiger partial charge in [0.05, 0.1) is 16.6 Å². The minimum atomic E-state index is -0.0388. The standard InChI is InChI=1S/C26H17N5OS2/c27-13-19-24(16-9-11-33-15-16)20(14-28)26(30-25(19)29)34-12-10-23(32)31-21-7-3-1-5-17(21)18-6-2-4-8-22(18)31/h1-9,11,15H,10,12H2,(H2,29,30). The van der Waals surface area contributed by atoms with Gasteiger partial charge >= 0.3 is 0 Å². The second-order valence-corrected chi connectivity index (χ2v) is 9.39. The monoisotopic (exact) mass is 479 g/mol. The van der Waals surface area contributed by atoms with E-state index in [4.69, 9.17) is 5.73 Å². The molecule has 2 aromatic carbocycles. The smallest absolute Gasteiger partial charge is 0.232 e. The van der Waals surface area contributed by atoms with Gasteiger partial charge < -0.3 is 5.73 Å². The zero-order chi connectivity index (χ0) is 23.7. The highest BCUT2D eigenvalue weighted by molar-refractivity contribution is 7.99. The Morgan fingerprint density at radius 3 is 2.24 bits per heavy atom. The van der Waals surface area contributed by atoms with Crippen molar-refractivity contribution in [3.63, 3.8) is 0 Å². The van der Waals surface area contributed by atoms with Crippen LogP contribution in [0.15, 0.2) is 70.4 Å². The van der Waals surface area contributed by atoms with Gasteiger partial charge in [-0.3, -0.25) is 9.36 Å². The van der Waals surface area contributed by atoms with Crippen LogP contribution >= 0.6 is 23.1 Å². The van der Waals surface area contributed by atoms with Crippen molar-refractivity contribution >= 4 is 56.6 Å². The van der Waals surface area contributed by atoms with E-state index in [1.807, 2.05) is 65.4 Å². The third kappa shape index (κ3) is 3.60. The van der Waals surface area contributed by atoms with E-state index in [0.717, 1.165) is 27.4 Å². The molecule has 5 aromatic rings. The van der Waals surface area contributed by atoms with E-state index in [-0.39, 0.29) is 23.7 Å². The number of thiophene rings is 1. The third-order valence-electron chi connectivity index (χ3n) is 5.61. The number of anilines is 1. The van der Waals surface area contributed by atoms with Crippen LogP contribution in [0.25, 0.3) is 32.9 Å². The molecule has 6 nitrogen and oxygen atoms in total. The minimum Gasteiger partial charge on any atom is -0.383 e. The Morgan fingerprint density at radius 2 is 1.65 bits per heavy atom. The van der Waals surface area contributed by atoms with Crippen LogP contribution in [0.2, 0.25) is 0 Å². The van der Waals surface area contributed by atoms with Crippen molar-refractivity contribution in [2.24, 2.45) is 0 Å². The number of nitrogens with two attached hydrogens (primary N) is 1. The molecule has 0 atom stereocenters. The normalized spacial score (nSPS) is 10.9. The van der Waals surface area contributed by atoms with Crippen LogP contribution in [0.5, 0.6) is 0 Å². The van der Waals surface area contributed by atoms with E-state index in [1.54, 1.807) is 4.57 Å². The molecule has 0 unspecified atom stereocenters. The Hall–Kier alpha value is -4.11. The molecular formula is C26H17N5OS2. The summed E-state index contributed by atoms with van der Waals surface area (Å²) >= 11 is 2.77. The summed E-state index contributed by atoms with van der Waals surface area (Å²) in [6, 6.07) is 21.8. The number of nitriles is 2. The summed E-state index contributed by atoms with van der Waals surface area (Å²) in [5.41, 5.74) is 9.57. The number of carbonyl (C=O) groups is 1. The molecule has 0 aliphatic rings. The molecule has 0 fully saturated rings. The topological polar surface area (TPSA) is 108 Å². The van der Waals surface area contributed by atoms with Crippen molar-refractivity contribution in [2.45, 2.75) is 11.4 Å². The largest absolute Gasteiger partial charge is 0.383 e. The molecule has 3 heterocycles. The van der Waals surface area contributed by atoms with Crippen molar-refractivity contribution < 1.29 is 4.79 Å². The molecular weight excluding hydrogens is 462 g/mol. The van der Waals surface area contributed by atoms with E-state index in [2.05, 4.69) is 17.1 Å². The molecule has 5 rings (SSSR count). The number of aromatic nitrogens is 2. The lowest BCUT2D eigenvalue weighted by atomic mass is 9.99. The van der Waals surface area contributed by atoms with Crippen LogP contribution in [0, 0.1) is 22.7 Å². The van der Waals surface area contributed by atoms with E-state index in [0.29, 0.717) is 21.9 Å². The maximum Gasteiger partial charge on any atom is 0.232 e. The average Bonchev–Trinajstić information content (AvgIpc) is 3.50. The molecule has 0 aliphatic heterocycles. The van der Waals surface area contributed by atoms with E-state index >= 15 is 0 Å². The van der Waals surface area contributed by atoms with Crippen molar-refractivity contribution in [2.75, 3.05) is 11.5 Å². The Bertz CT molecular complexity index is 1590. The number of pyridine rings is 1. The first kappa shape index (κ1) is 21.7. The molecule has 0 saturated carbocycles. The number of nitrogen functional groups attached to an aromatic ring is 1. The van der Waals surface area contributed by atoms with Crippen molar-refractivity contribution in [1.82, 2.24) is 9.55 Å². The number of carbonyl (C=O) groups excluding carboxylic acids is 1. The van der Waals surface area contributed by atoms with Gasteiger partial charge in [-0.15, -0.1) is 11.8 Å². The minimum absolute atomic E-state index is 0.0388. The Morgan fingerprint density at radius 1 is 1.00 bits per heavy atom. The molecule has 2 N–H and O–H groups in total. The molecule has 164 valence electrons. The SMILES string of the molecule is N#Cc1c(N)nc(SCCC(=O)n2c3ccccc3c3ccccc32)c(C#N)c1-c1ccsc1. The predicted molar refractivity (Wildman–Crippen MR) is 137 cm³/mol. The number of rotatable bonds is 5. The number of fused-ring (bicyclic) bond motifs is 3. The van der Waals surface area contributed by atoms with Gasteiger partial charge in [-0.2, -0.15) is 21.9 Å². The summed E-state index contributed by atoms with van der Waals surface area (Å²) in [6.45, 7) is 0. The zero-order valence-corrected chi connectivity index (χ0v) is 19.5. The molecule has 0 saturated heterocycles. The van der Waals surface area contributed by atoms with Gasteiger partial charge in [0, 0.05) is 28.5 Å². The van der Waals surface area contributed by atoms with E-state index in [1.165, 1.54) is 23.1 Å². The number of nitrogens with zero attached hydrogens (tertiary/aromatic N) is 4. The molecule has 8 heteroatoms. The molecule has 0 aliphatic carbocycles. The predicted octanol–water partition coefficient (Wildman–Crippen LogP) is 6.07. The maximum atomic E-state index is 13.3. The molecule has 3 aromatic heterocycles. The van der Waals surface area contributed by atoms with Crippen LogP contribution < -0.4 is 5.73 Å². The van der Waals surface area contributed by atoms with Gasteiger partial charge in [-0.25, -0.2) is 4.98 Å². The van der Waals surface area contributed by atoms with Gasteiger partial charge in [0.15, 0.2) is 0 Å². The highest BCUT2D eigenvalue weighted by Gasteiger charge is 2.21. The van der Waals surface area contributed by atoms with Gasteiger partial charge in [-0.1, -0.05) is 36.4 Å². The molecule has 34 heavy (non-hydrogen) atoms. The van der Waals surface area contributed by atoms with Crippen LogP contribution in [-0.2, 0) is 0 Å². The first-order valence-electron chi connectivity index (χ1n) is 10.4. The Kier molecular flexibility index (Phi) is 5.77. The highest BCUT2D eigenvalue weighted by atomic mass is 32.2. The summed E-state index contributed by atoms with van der Waals surface area (Å²) in [6.07, 6.45) is 0.244. The van der Waals surface area contributed by atoms with Gasteiger partial charge in [0.1, 0.15) is 28.5 Å². The van der Waals surface area contributed by atoms with Crippen LogP contribution in [-0.4, -0.2) is 21.2 Å². The Labute approximate surface area is 203 Å². The van der Waals surface area contributed by atoms with Gasteiger partial charge in [0.25, 0.3) is 0 Å². The zero-order valence-electron chi connectivity index (χ0n) is 17.9. The lowest BCUT2D eigenvalue weighted by Gasteiger charge is -2.12. The summed E-state index contributed by atoms with van der Waals surface area (Å²) in [7, 11) is 0. The maximum absolute atomic E-state index is 13.3. The molecule has 0 bridgehead atoms. The van der Waals surface area contributed by atoms with Crippen molar-refractivity contribution in [3.8, 4) is 23.3 Å². The van der Waals surface area contributed by atoms with Crippen molar-refractivity contribution in [1.29, 1.82) is 10.5 Å². The van der Waals surface area contributed by atoms with Crippen molar-refractivity contribution in [3.05, 3.63) is 76.5 Å². The van der Waals surface area contributed by atoms with E-state index in [9.17, 15) is 15.3 Å². The number of para-hydroxylation sites is 2. The summed E-state index contributed by atoms with van der Waals surface area (Å²) in [4.78, 5) is 17.6. The van der Waals surface area contributed by atoms with Crippen LogP contribution in [0.1, 0.15) is 22.3 Å². The first-order valence-corrected chi connectivity index (χ1v) is 12.4. The van der Waals surface area contributed by atoms with Gasteiger partial charge in [0.2, 0.25) is 5.91 Å². The number of thioether (sulfide) groups is 1. The summed E-state index contributed by atoms with van der Waals surface area (Å²) in [5, 5.41) is 25.7. The molecule has 0 amide bonds. The third-order valence-corrected chi connectivity index (χ3v) is 7.27. The number of hydrogen-bond acceptors (Lipinski definition) is 7. The second-order valence-electron chi connectivity index (χ2n) is 7.52. The number of hydrogen-bond donors (Lipinski definition) is 1. The van der Waals surface area contributed by atoms with Crippen LogP contribution in [0.4, 0.5) is 5.82 Å². The quantitative estimate of drug-likeness (QED) is 0.307. The van der Waals surface area contributed by atoms with Crippen LogP contribution in [0.3, 0.4) is 0 Å². The average molecular weight is 480 g/mol. The summed E-state index contributed by atoms with van der Waals surface area (Å²) in [5.74, 6) is 0.456.